The largest absolute Gasteiger partial charge is 0.461 e. The molecule has 16 heteroatoms. The van der Waals surface area contributed by atoms with Gasteiger partial charge in [-0.25, -0.2) is 0 Å². The molecule has 0 N–H and O–H groups in total. The number of esters is 4. The summed E-state index contributed by atoms with van der Waals surface area (Å²) in [4.78, 5) is 87.8. The summed E-state index contributed by atoms with van der Waals surface area (Å²) in [5.41, 5.74) is 0. The van der Waals surface area contributed by atoms with Gasteiger partial charge >= 0.3 is 23.9 Å². The first-order chi connectivity index (χ1) is 44.3. The standard InChI is InChI=1S/C75H140N4O10S2/c1-9-15-20-25-34-41-49-60-86-70(80)64-78(74(84)90-62-51-48-57-76(7)8)66-72(82)89-69(55-45-38-29-24-19-13-5)56-46-39-32-30-31-33-40-47-58-77(14-6)59-52-63-91-75(85)79(65-71(81)87-61-50-42-35-26-21-16-10-2)67-73(83)88-68(53-43-36-27-22-17-11-3)54-44-37-28-23-18-12-4/h41-42,49-50,68-69H,9-40,43-48,51-67H2,1-8H3/b49-41-,50-42-. The Labute approximate surface area is 567 Å². The fourth-order valence-electron chi connectivity index (χ4n) is 11.1. The van der Waals surface area contributed by atoms with Crippen LogP contribution in [0.3, 0.4) is 0 Å². The molecule has 0 aliphatic heterocycles. The van der Waals surface area contributed by atoms with Crippen LogP contribution in [-0.4, -0.2) is 157 Å². The Hall–Kier alpha value is -3.08. The molecule has 0 aromatic carbocycles. The first-order valence-electron chi connectivity index (χ1n) is 37.5. The van der Waals surface area contributed by atoms with Crippen molar-refractivity contribution in [1.82, 2.24) is 19.6 Å². The summed E-state index contributed by atoms with van der Waals surface area (Å²) in [5, 5.41) is -0.596. The predicted molar refractivity (Wildman–Crippen MR) is 386 cm³/mol. The highest BCUT2D eigenvalue weighted by molar-refractivity contribution is 8.13. The van der Waals surface area contributed by atoms with Gasteiger partial charge in [0.25, 0.3) is 10.5 Å². The topological polar surface area (TPSA) is 152 Å². The molecule has 0 heterocycles. The van der Waals surface area contributed by atoms with Crippen molar-refractivity contribution >= 4 is 57.9 Å². The molecule has 0 aromatic heterocycles. The first kappa shape index (κ1) is 87.9. The van der Waals surface area contributed by atoms with E-state index in [1.165, 1.54) is 156 Å². The molecular formula is C75H140N4O10S2. The van der Waals surface area contributed by atoms with Crippen molar-refractivity contribution in [3.8, 4) is 0 Å². The molecule has 0 saturated heterocycles. The fraction of sp³-hybridized carbons (Fsp3) is 0.867. The van der Waals surface area contributed by atoms with Crippen LogP contribution in [0.5, 0.6) is 0 Å². The van der Waals surface area contributed by atoms with Crippen molar-refractivity contribution in [2.75, 3.05) is 91.2 Å². The maximum absolute atomic E-state index is 13.8. The quantitative estimate of drug-likeness (QED) is 0.0246. The second-order valence-corrected chi connectivity index (χ2v) is 27.8. The van der Waals surface area contributed by atoms with Gasteiger partial charge in [0.15, 0.2) is 0 Å². The van der Waals surface area contributed by atoms with E-state index in [1.807, 2.05) is 38.4 Å². The van der Waals surface area contributed by atoms with Gasteiger partial charge in [-0.1, -0.05) is 263 Å². The molecule has 0 radical (unpaired) electrons. The number of carbonyl (C=O) groups excluding carboxylic acids is 6. The number of hydrogen-bond acceptors (Lipinski definition) is 14. The number of nitrogens with zero attached hydrogens (tertiary/aromatic N) is 4. The third-order valence-corrected chi connectivity index (χ3v) is 18.8. The van der Waals surface area contributed by atoms with Crippen LogP contribution in [0, 0.1) is 0 Å². The van der Waals surface area contributed by atoms with Crippen LogP contribution in [0.1, 0.15) is 318 Å². The van der Waals surface area contributed by atoms with Gasteiger partial charge in [0.2, 0.25) is 0 Å². The lowest BCUT2D eigenvalue weighted by molar-refractivity contribution is -0.153. The highest BCUT2D eigenvalue weighted by Crippen LogP contribution is 2.22. The normalized spacial score (nSPS) is 12.0. The highest BCUT2D eigenvalue weighted by atomic mass is 32.2. The number of hydrogen-bond donors (Lipinski definition) is 0. The maximum Gasteiger partial charge on any atom is 0.326 e. The summed E-state index contributed by atoms with van der Waals surface area (Å²) in [7, 11) is 4.06. The van der Waals surface area contributed by atoms with Gasteiger partial charge in [0.05, 0.1) is 0 Å². The molecule has 91 heavy (non-hydrogen) atoms. The molecule has 1 atom stereocenters. The monoisotopic (exact) mass is 1320 g/mol. The van der Waals surface area contributed by atoms with Gasteiger partial charge in [0.1, 0.15) is 51.6 Å². The average Bonchev–Trinajstić information content (AvgIpc) is 3.32. The Kier molecular flexibility index (Phi) is 64.7. The van der Waals surface area contributed by atoms with E-state index in [0.29, 0.717) is 11.5 Å². The summed E-state index contributed by atoms with van der Waals surface area (Å²) >= 11 is 2.33. The van der Waals surface area contributed by atoms with Crippen LogP contribution in [0.15, 0.2) is 24.3 Å². The van der Waals surface area contributed by atoms with Gasteiger partial charge in [0, 0.05) is 11.5 Å². The lowest BCUT2D eigenvalue weighted by Crippen LogP contribution is -2.39. The molecule has 14 nitrogen and oxygen atoms in total. The Morgan fingerprint density at radius 2 is 0.648 bits per heavy atom. The lowest BCUT2D eigenvalue weighted by Gasteiger charge is -2.23. The van der Waals surface area contributed by atoms with Gasteiger partial charge in [-0.2, -0.15) is 0 Å². The molecule has 0 spiro atoms. The number of ether oxygens (including phenoxy) is 4. The van der Waals surface area contributed by atoms with E-state index in [-0.39, 0.29) is 62.1 Å². The average molecular weight is 1320 g/mol. The van der Waals surface area contributed by atoms with Gasteiger partial charge in [-0.3, -0.25) is 28.8 Å². The Morgan fingerprint density at radius 1 is 0.341 bits per heavy atom. The third kappa shape index (κ3) is 59.2. The Bertz CT molecular complexity index is 1770. The van der Waals surface area contributed by atoms with Crippen molar-refractivity contribution in [2.45, 2.75) is 330 Å². The molecule has 0 rings (SSSR count). The molecule has 0 bridgehead atoms. The van der Waals surface area contributed by atoms with E-state index in [1.54, 1.807) is 0 Å². The van der Waals surface area contributed by atoms with Gasteiger partial charge < -0.3 is 38.5 Å². The zero-order valence-corrected chi connectivity index (χ0v) is 61.7. The molecule has 1 unspecified atom stereocenters. The summed E-state index contributed by atoms with van der Waals surface area (Å²) in [6.45, 7) is 16.2. The number of carbonyl (C=O) groups is 6. The Balaban J connectivity index is 5.32. The van der Waals surface area contributed by atoms with E-state index in [0.717, 1.165) is 179 Å². The number of thioether (sulfide) groups is 2. The number of amides is 2. The molecule has 0 saturated carbocycles. The highest BCUT2D eigenvalue weighted by Gasteiger charge is 2.26. The van der Waals surface area contributed by atoms with Crippen LogP contribution in [0.2, 0.25) is 0 Å². The summed E-state index contributed by atoms with van der Waals surface area (Å²) in [5.74, 6) is -0.767. The van der Waals surface area contributed by atoms with Gasteiger partial charge in [-0.15, -0.1) is 0 Å². The van der Waals surface area contributed by atoms with E-state index in [4.69, 9.17) is 18.9 Å². The summed E-state index contributed by atoms with van der Waals surface area (Å²) < 4.78 is 23.3. The predicted octanol–water partition coefficient (Wildman–Crippen LogP) is 20.1. The van der Waals surface area contributed by atoms with Crippen molar-refractivity contribution < 1.29 is 47.7 Å². The molecular weight excluding hydrogens is 1180 g/mol. The number of rotatable bonds is 66. The van der Waals surface area contributed by atoms with Crippen molar-refractivity contribution in [3.05, 3.63) is 24.3 Å². The number of unbranched alkanes of at least 4 members (excludes halogenated alkanes) is 31. The lowest BCUT2D eigenvalue weighted by atomic mass is 10.0. The second kappa shape index (κ2) is 66.9. The molecule has 532 valence electrons. The van der Waals surface area contributed by atoms with Gasteiger partial charge in [-0.05, 0) is 143 Å². The summed E-state index contributed by atoms with van der Waals surface area (Å²) in [6.07, 6.45) is 54.5. The fourth-order valence-corrected chi connectivity index (χ4v) is 12.7. The van der Waals surface area contributed by atoms with E-state index >= 15 is 0 Å². The van der Waals surface area contributed by atoms with Crippen molar-refractivity contribution in [2.24, 2.45) is 0 Å². The first-order valence-corrected chi connectivity index (χ1v) is 39.5. The minimum Gasteiger partial charge on any atom is -0.461 e. The SMILES string of the molecule is CCCCCC/C=C\COC(=O)CN(CC(=O)OC(CCCCCCCC)CCCCCCCCCCN(CC)CCCSC(=O)N(CC(=O)OC/C=C\CCCCCC)CC(=O)OC(CCCCCCCC)CCCCCCCC)C(=O)SCCCCN(C)C. The minimum absolute atomic E-state index is 0.145. The molecule has 0 aliphatic rings. The zero-order chi connectivity index (χ0) is 66.9. The van der Waals surface area contributed by atoms with Crippen molar-refractivity contribution in [3.63, 3.8) is 0 Å². The second-order valence-electron chi connectivity index (χ2n) is 25.8. The Morgan fingerprint density at radius 3 is 1.01 bits per heavy atom. The van der Waals surface area contributed by atoms with Crippen LogP contribution in [-0.2, 0) is 38.1 Å². The van der Waals surface area contributed by atoms with Crippen LogP contribution >= 0.6 is 23.5 Å². The zero-order valence-electron chi connectivity index (χ0n) is 60.0. The molecule has 2 amide bonds. The van der Waals surface area contributed by atoms with E-state index < -0.39 is 23.9 Å². The molecule has 0 aromatic rings. The number of allylic oxidation sites excluding steroid dienone is 2. The summed E-state index contributed by atoms with van der Waals surface area (Å²) in [6, 6.07) is 0. The molecule has 0 aliphatic carbocycles. The molecule has 0 fully saturated rings. The maximum atomic E-state index is 13.8. The van der Waals surface area contributed by atoms with Crippen LogP contribution in [0.4, 0.5) is 9.59 Å². The van der Waals surface area contributed by atoms with E-state index in [2.05, 4.69) is 51.3 Å². The minimum atomic E-state index is -0.528. The van der Waals surface area contributed by atoms with Crippen molar-refractivity contribution in [1.29, 1.82) is 0 Å². The van der Waals surface area contributed by atoms with E-state index in [9.17, 15) is 28.8 Å². The van der Waals surface area contributed by atoms with Crippen LogP contribution in [0.25, 0.3) is 0 Å². The smallest absolute Gasteiger partial charge is 0.326 e. The third-order valence-electron chi connectivity index (χ3n) is 16.8. The van der Waals surface area contributed by atoms with Crippen LogP contribution < -0.4 is 0 Å².